The van der Waals surface area contributed by atoms with E-state index in [0.717, 1.165) is 23.4 Å². The van der Waals surface area contributed by atoms with Crippen molar-refractivity contribution >= 4 is 28.1 Å². The molecule has 6 heteroatoms. The second-order valence-electron chi connectivity index (χ2n) is 6.10. The topological polar surface area (TPSA) is 63.2 Å². The Bertz CT molecular complexity index is 909. The molecular weight excluding hydrogens is 358 g/mol. The van der Waals surface area contributed by atoms with Gasteiger partial charge in [-0.1, -0.05) is 60.7 Å². The number of hydrogen-bond donors (Lipinski definition) is 2. The summed E-state index contributed by atoms with van der Waals surface area (Å²) in [6.07, 6.45) is 0.819. The van der Waals surface area contributed by atoms with E-state index in [2.05, 4.69) is 22.5 Å². The normalized spacial score (nSPS) is 11.7. The molecule has 3 aromatic rings. The van der Waals surface area contributed by atoms with Crippen molar-refractivity contribution in [3.63, 3.8) is 0 Å². The number of amides is 1. The molecule has 5 nitrogen and oxygen atoms in total. The maximum atomic E-state index is 12.8. The summed E-state index contributed by atoms with van der Waals surface area (Å²) >= 11 is 1.34. The largest absolute Gasteiger partial charge is 0.495 e. The van der Waals surface area contributed by atoms with Crippen LogP contribution in [0.5, 0.6) is 5.75 Å². The maximum Gasteiger partial charge on any atom is 0.263 e. The average Bonchev–Trinajstić information content (AvgIpc) is 3.07. The highest BCUT2D eigenvalue weighted by atomic mass is 32.1. The van der Waals surface area contributed by atoms with Crippen LogP contribution in [0.25, 0.3) is 0 Å². The highest BCUT2D eigenvalue weighted by molar-refractivity contribution is 7.17. The number of para-hydroxylation sites is 2. The Morgan fingerprint density at radius 3 is 2.56 bits per heavy atom. The van der Waals surface area contributed by atoms with E-state index in [1.54, 1.807) is 7.11 Å². The fraction of sp³-hybridized carbons (Fsp3) is 0.238. The van der Waals surface area contributed by atoms with E-state index in [1.165, 1.54) is 11.3 Å². The molecule has 2 aromatic carbocycles. The van der Waals surface area contributed by atoms with Gasteiger partial charge in [0, 0.05) is 0 Å². The van der Waals surface area contributed by atoms with Crippen LogP contribution < -0.4 is 15.4 Å². The SMILES string of the molecule is CC[C@@H](NC(=O)c1sc(Nc2ccccc2OC)nc1C)c1ccccc1. The van der Waals surface area contributed by atoms with Gasteiger partial charge in [-0.3, -0.25) is 4.79 Å². The highest BCUT2D eigenvalue weighted by Gasteiger charge is 2.19. The van der Waals surface area contributed by atoms with E-state index in [9.17, 15) is 4.79 Å². The fourth-order valence-corrected chi connectivity index (χ4v) is 3.74. The van der Waals surface area contributed by atoms with Crippen LogP contribution in [0, 0.1) is 6.92 Å². The smallest absolute Gasteiger partial charge is 0.263 e. The number of nitrogens with one attached hydrogen (secondary N) is 2. The van der Waals surface area contributed by atoms with Crippen LogP contribution in [0.1, 0.15) is 40.3 Å². The molecule has 1 aromatic heterocycles. The number of methoxy groups -OCH3 is 1. The lowest BCUT2D eigenvalue weighted by Gasteiger charge is -2.17. The minimum atomic E-state index is -0.103. The number of rotatable bonds is 7. The van der Waals surface area contributed by atoms with Crippen LogP contribution in [0.3, 0.4) is 0 Å². The molecule has 1 heterocycles. The summed E-state index contributed by atoms with van der Waals surface area (Å²) in [5.41, 5.74) is 2.62. The van der Waals surface area contributed by atoms with Gasteiger partial charge in [-0.05, 0) is 31.0 Å². The van der Waals surface area contributed by atoms with Gasteiger partial charge < -0.3 is 15.4 Å². The van der Waals surface area contributed by atoms with Gasteiger partial charge in [0.15, 0.2) is 5.13 Å². The van der Waals surface area contributed by atoms with Gasteiger partial charge in [0.25, 0.3) is 5.91 Å². The standard InChI is InChI=1S/C21H23N3O2S/c1-4-16(15-10-6-5-7-11-15)23-20(25)19-14(2)22-21(27-19)24-17-12-8-9-13-18(17)26-3/h5-13,16H,4H2,1-3H3,(H,22,24)(H,23,25)/t16-/m1/s1. The van der Waals surface area contributed by atoms with Gasteiger partial charge in [0.1, 0.15) is 10.6 Å². The summed E-state index contributed by atoms with van der Waals surface area (Å²) < 4.78 is 5.35. The Hall–Kier alpha value is -2.86. The van der Waals surface area contributed by atoms with Crippen LogP contribution in [-0.4, -0.2) is 18.0 Å². The fourth-order valence-electron chi connectivity index (χ4n) is 2.85. The molecule has 0 aliphatic heterocycles. The predicted molar refractivity (Wildman–Crippen MR) is 110 cm³/mol. The van der Waals surface area contributed by atoms with Crippen LogP contribution in [0.2, 0.25) is 0 Å². The molecule has 3 rings (SSSR count). The third-order valence-corrected chi connectivity index (χ3v) is 5.34. The summed E-state index contributed by atoms with van der Waals surface area (Å²) in [4.78, 5) is 17.9. The zero-order valence-corrected chi connectivity index (χ0v) is 16.5. The van der Waals surface area contributed by atoms with E-state index in [1.807, 2.05) is 61.5 Å². The van der Waals surface area contributed by atoms with Gasteiger partial charge >= 0.3 is 0 Å². The molecule has 140 valence electrons. The van der Waals surface area contributed by atoms with E-state index in [4.69, 9.17) is 4.74 Å². The van der Waals surface area contributed by atoms with Gasteiger partial charge in [-0.15, -0.1) is 0 Å². The third kappa shape index (κ3) is 4.46. The van der Waals surface area contributed by atoms with Crippen molar-refractivity contribution in [3.05, 3.63) is 70.7 Å². The lowest BCUT2D eigenvalue weighted by atomic mass is 10.0. The van der Waals surface area contributed by atoms with Crippen molar-refractivity contribution < 1.29 is 9.53 Å². The number of thiazole rings is 1. The Kier molecular flexibility index (Phi) is 6.08. The Morgan fingerprint density at radius 2 is 1.85 bits per heavy atom. The first-order valence-electron chi connectivity index (χ1n) is 8.85. The van der Waals surface area contributed by atoms with E-state index in [-0.39, 0.29) is 11.9 Å². The third-order valence-electron chi connectivity index (χ3n) is 4.27. The second-order valence-corrected chi connectivity index (χ2v) is 7.10. The molecule has 0 saturated carbocycles. The van der Waals surface area contributed by atoms with Crippen molar-refractivity contribution in [2.24, 2.45) is 0 Å². The molecule has 0 spiro atoms. The molecule has 2 N–H and O–H groups in total. The zero-order chi connectivity index (χ0) is 19.2. The van der Waals surface area contributed by atoms with Crippen LogP contribution in [0.15, 0.2) is 54.6 Å². The number of aryl methyl sites for hydroxylation is 1. The van der Waals surface area contributed by atoms with Crippen molar-refractivity contribution in [2.45, 2.75) is 26.3 Å². The van der Waals surface area contributed by atoms with Crippen molar-refractivity contribution in [1.29, 1.82) is 0 Å². The van der Waals surface area contributed by atoms with Crippen LogP contribution in [-0.2, 0) is 0 Å². The van der Waals surface area contributed by atoms with Gasteiger partial charge in [0.05, 0.1) is 24.5 Å². The Labute approximate surface area is 163 Å². The number of anilines is 2. The maximum absolute atomic E-state index is 12.8. The minimum Gasteiger partial charge on any atom is -0.495 e. The molecule has 0 radical (unpaired) electrons. The van der Waals surface area contributed by atoms with Gasteiger partial charge in [0.2, 0.25) is 0 Å². The van der Waals surface area contributed by atoms with E-state index >= 15 is 0 Å². The number of carbonyl (C=O) groups excluding carboxylic acids is 1. The summed E-state index contributed by atoms with van der Waals surface area (Å²) in [7, 11) is 1.63. The summed E-state index contributed by atoms with van der Waals surface area (Å²) in [6.45, 7) is 3.91. The van der Waals surface area contributed by atoms with E-state index < -0.39 is 0 Å². The number of carbonyl (C=O) groups is 1. The average molecular weight is 382 g/mol. The highest BCUT2D eigenvalue weighted by Crippen LogP contribution is 2.31. The number of benzene rings is 2. The molecule has 0 fully saturated rings. The van der Waals surface area contributed by atoms with Crippen LogP contribution in [0.4, 0.5) is 10.8 Å². The van der Waals surface area contributed by atoms with Crippen molar-refractivity contribution in [2.75, 3.05) is 12.4 Å². The Morgan fingerprint density at radius 1 is 1.15 bits per heavy atom. The lowest BCUT2D eigenvalue weighted by molar-refractivity contribution is 0.0939. The number of nitrogens with zero attached hydrogens (tertiary/aromatic N) is 1. The number of ether oxygens (including phenoxy) is 1. The summed E-state index contributed by atoms with van der Waals surface area (Å²) in [5, 5.41) is 7.02. The predicted octanol–water partition coefficient (Wildman–Crippen LogP) is 5.08. The molecule has 27 heavy (non-hydrogen) atoms. The van der Waals surface area contributed by atoms with E-state index in [0.29, 0.717) is 15.7 Å². The van der Waals surface area contributed by atoms with Crippen LogP contribution >= 0.6 is 11.3 Å². The number of hydrogen-bond acceptors (Lipinski definition) is 5. The van der Waals surface area contributed by atoms with Crippen molar-refractivity contribution in [3.8, 4) is 5.75 Å². The second kappa shape index (κ2) is 8.68. The molecule has 0 bridgehead atoms. The summed E-state index contributed by atoms with van der Waals surface area (Å²) in [5.74, 6) is 0.625. The molecule has 1 atom stereocenters. The molecule has 0 unspecified atom stereocenters. The Balaban J connectivity index is 1.76. The van der Waals surface area contributed by atoms with Gasteiger partial charge in [-0.25, -0.2) is 4.98 Å². The number of aromatic nitrogens is 1. The first kappa shape index (κ1) is 18.9. The molecule has 1 amide bonds. The zero-order valence-electron chi connectivity index (χ0n) is 15.7. The minimum absolute atomic E-state index is 0.0224. The monoisotopic (exact) mass is 381 g/mol. The molecule has 0 saturated heterocycles. The van der Waals surface area contributed by atoms with Crippen molar-refractivity contribution in [1.82, 2.24) is 10.3 Å². The first-order chi connectivity index (χ1) is 13.1. The molecule has 0 aliphatic rings. The first-order valence-corrected chi connectivity index (χ1v) is 9.67. The quantitative estimate of drug-likeness (QED) is 0.599. The summed E-state index contributed by atoms with van der Waals surface area (Å²) in [6, 6.07) is 17.6. The molecular formula is C21H23N3O2S. The van der Waals surface area contributed by atoms with Gasteiger partial charge in [-0.2, -0.15) is 0 Å². The molecule has 0 aliphatic carbocycles. The lowest BCUT2D eigenvalue weighted by Crippen LogP contribution is -2.28.